The first kappa shape index (κ1) is 15.6. The lowest BCUT2D eigenvalue weighted by Gasteiger charge is -2.24. The number of carbonyl (C=O) groups is 1. The number of fused-ring (bicyclic) bond motifs is 1. The summed E-state index contributed by atoms with van der Waals surface area (Å²) in [4.78, 5) is 14.9. The molecule has 0 unspecified atom stereocenters. The third-order valence-corrected chi connectivity index (χ3v) is 5.51. The van der Waals surface area contributed by atoms with Crippen LogP contribution in [0, 0.1) is 11.8 Å². The molecule has 1 aliphatic heterocycles. The second-order valence-electron chi connectivity index (χ2n) is 7.16. The second kappa shape index (κ2) is 6.56. The Morgan fingerprint density at radius 3 is 2.79 bits per heavy atom. The van der Waals surface area contributed by atoms with E-state index in [9.17, 15) is 4.79 Å². The first-order valence-electron chi connectivity index (χ1n) is 9.11. The van der Waals surface area contributed by atoms with Gasteiger partial charge in [0.25, 0.3) is 0 Å². The van der Waals surface area contributed by atoms with Gasteiger partial charge in [-0.15, -0.1) is 0 Å². The van der Waals surface area contributed by atoms with Crippen molar-refractivity contribution in [3.63, 3.8) is 0 Å². The van der Waals surface area contributed by atoms with Crippen LogP contribution in [0.4, 0.5) is 0 Å². The molecule has 4 rings (SSSR count). The first-order valence-corrected chi connectivity index (χ1v) is 9.11. The lowest BCUT2D eigenvalue weighted by Crippen LogP contribution is -2.36. The highest BCUT2D eigenvalue weighted by atomic mass is 16.5. The number of hydrogen-bond donors (Lipinski definition) is 0. The Morgan fingerprint density at radius 1 is 1.21 bits per heavy atom. The Bertz CT molecular complexity index is 735. The van der Waals surface area contributed by atoms with Crippen LogP contribution in [-0.2, 0) is 9.53 Å². The number of hydrogen-bond acceptors (Lipinski definition) is 2. The predicted octanol–water partition coefficient (Wildman–Crippen LogP) is 3.83. The summed E-state index contributed by atoms with van der Waals surface area (Å²) in [5.74, 6) is 1.43. The molecule has 0 radical (unpaired) electrons. The van der Waals surface area contributed by atoms with Gasteiger partial charge in [0.2, 0.25) is 5.91 Å². The highest BCUT2D eigenvalue weighted by Gasteiger charge is 2.45. The monoisotopic (exact) mass is 323 g/mol. The maximum Gasteiger partial charge on any atom is 0.226 e. The average Bonchev–Trinajstić information content (AvgIpc) is 3.26. The summed E-state index contributed by atoms with van der Waals surface area (Å²) in [6.07, 6.45) is 2.08. The van der Waals surface area contributed by atoms with E-state index >= 15 is 0 Å². The molecule has 1 saturated carbocycles. The van der Waals surface area contributed by atoms with Crippen LogP contribution in [0.1, 0.15) is 31.2 Å². The molecule has 0 spiro atoms. The number of benzene rings is 2. The maximum absolute atomic E-state index is 12.9. The van der Waals surface area contributed by atoms with Crippen molar-refractivity contribution in [1.29, 1.82) is 0 Å². The Balaban J connectivity index is 1.44. The largest absolute Gasteiger partial charge is 0.381 e. The molecule has 0 bridgehead atoms. The van der Waals surface area contributed by atoms with Crippen molar-refractivity contribution in [3.8, 4) is 0 Å². The topological polar surface area (TPSA) is 29.5 Å². The summed E-state index contributed by atoms with van der Waals surface area (Å²) >= 11 is 0. The minimum atomic E-state index is 0.174. The van der Waals surface area contributed by atoms with Crippen LogP contribution >= 0.6 is 0 Å². The Labute approximate surface area is 143 Å². The van der Waals surface area contributed by atoms with E-state index in [0.717, 1.165) is 39.1 Å². The highest BCUT2D eigenvalue weighted by Crippen LogP contribution is 2.49. The third-order valence-electron chi connectivity index (χ3n) is 5.51. The molecule has 1 heterocycles. The van der Waals surface area contributed by atoms with Crippen molar-refractivity contribution in [3.05, 3.63) is 48.0 Å². The lowest BCUT2D eigenvalue weighted by molar-refractivity contribution is -0.133. The van der Waals surface area contributed by atoms with Crippen molar-refractivity contribution in [1.82, 2.24) is 4.90 Å². The zero-order valence-corrected chi connectivity index (χ0v) is 14.3. The number of amides is 1. The molecule has 2 aromatic carbocycles. The smallest absolute Gasteiger partial charge is 0.226 e. The molecule has 0 aromatic heterocycles. The highest BCUT2D eigenvalue weighted by molar-refractivity contribution is 5.85. The molecule has 2 fully saturated rings. The van der Waals surface area contributed by atoms with Crippen LogP contribution in [0.2, 0.25) is 0 Å². The number of carbonyl (C=O) groups excluding carboxylic acids is 1. The zero-order valence-electron chi connectivity index (χ0n) is 14.3. The molecule has 1 saturated heterocycles. The lowest BCUT2D eigenvalue weighted by atomic mass is 10.0. The quantitative estimate of drug-likeness (QED) is 0.837. The molecule has 24 heavy (non-hydrogen) atoms. The van der Waals surface area contributed by atoms with E-state index in [2.05, 4.69) is 49.4 Å². The first-order chi connectivity index (χ1) is 11.8. The van der Waals surface area contributed by atoms with E-state index < -0.39 is 0 Å². The minimum Gasteiger partial charge on any atom is -0.381 e. The summed E-state index contributed by atoms with van der Waals surface area (Å²) in [7, 11) is 0. The second-order valence-corrected chi connectivity index (χ2v) is 7.16. The fourth-order valence-corrected chi connectivity index (χ4v) is 3.92. The SMILES string of the molecule is CCN(C[C@@H]1CCOC1)C(=O)[C@@H]1C[C@H]1c1ccc2ccccc2c1. The molecule has 3 atom stereocenters. The average molecular weight is 323 g/mol. The molecule has 3 heteroatoms. The van der Waals surface area contributed by atoms with Crippen molar-refractivity contribution in [2.75, 3.05) is 26.3 Å². The molecular formula is C21H25NO2. The van der Waals surface area contributed by atoms with Crippen molar-refractivity contribution in [2.45, 2.75) is 25.7 Å². The zero-order chi connectivity index (χ0) is 16.5. The van der Waals surface area contributed by atoms with Gasteiger partial charge in [0.1, 0.15) is 0 Å². The fraction of sp³-hybridized carbons (Fsp3) is 0.476. The Kier molecular flexibility index (Phi) is 4.28. The van der Waals surface area contributed by atoms with Gasteiger partial charge < -0.3 is 9.64 Å². The van der Waals surface area contributed by atoms with Gasteiger partial charge in [0.05, 0.1) is 6.61 Å². The van der Waals surface area contributed by atoms with E-state index in [4.69, 9.17) is 4.74 Å². The van der Waals surface area contributed by atoms with Gasteiger partial charge >= 0.3 is 0 Å². The van der Waals surface area contributed by atoms with Gasteiger partial charge in [0.15, 0.2) is 0 Å². The van der Waals surface area contributed by atoms with Gasteiger partial charge in [-0.25, -0.2) is 0 Å². The molecule has 0 N–H and O–H groups in total. The molecule has 2 aliphatic rings. The number of rotatable bonds is 5. The van der Waals surface area contributed by atoms with Gasteiger partial charge in [0, 0.05) is 31.5 Å². The van der Waals surface area contributed by atoms with Gasteiger partial charge in [-0.1, -0.05) is 42.5 Å². The summed E-state index contributed by atoms with van der Waals surface area (Å²) in [6.45, 7) is 5.40. The normalized spacial score (nSPS) is 25.8. The van der Waals surface area contributed by atoms with Crippen LogP contribution in [0.15, 0.2) is 42.5 Å². The van der Waals surface area contributed by atoms with Crippen molar-refractivity contribution < 1.29 is 9.53 Å². The third kappa shape index (κ3) is 3.05. The van der Waals surface area contributed by atoms with Gasteiger partial charge in [-0.3, -0.25) is 4.79 Å². The van der Waals surface area contributed by atoms with Gasteiger partial charge in [-0.2, -0.15) is 0 Å². The summed E-state index contributed by atoms with van der Waals surface area (Å²) in [5, 5.41) is 2.53. The molecule has 2 aromatic rings. The number of nitrogens with zero attached hydrogens (tertiary/aromatic N) is 1. The fourth-order valence-electron chi connectivity index (χ4n) is 3.92. The van der Waals surface area contributed by atoms with E-state index in [1.807, 2.05) is 4.90 Å². The van der Waals surface area contributed by atoms with Crippen LogP contribution < -0.4 is 0 Å². The van der Waals surface area contributed by atoms with E-state index in [1.165, 1.54) is 16.3 Å². The van der Waals surface area contributed by atoms with Crippen LogP contribution in [0.3, 0.4) is 0 Å². The maximum atomic E-state index is 12.9. The summed E-state index contributed by atoms with van der Waals surface area (Å²) in [6, 6.07) is 15.1. The Morgan fingerprint density at radius 2 is 2.04 bits per heavy atom. The van der Waals surface area contributed by atoms with Crippen LogP contribution in [0.5, 0.6) is 0 Å². The van der Waals surface area contributed by atoms with Gasteiger partial charge in [-0.05, 0) is 42.0 Å². The van der Waals surface area contributed by atoms with Crippen molar-refractivity contribution >= 4 is 16.7 Å². The van der Waals surface area contributed by atoms with Crippen molar-refractivity contribution in [2.24, 2.45) is 11.8 Å². The number of ether oxygens (including phenoxy) is 1. The van der Waals surface area contributed by atoms with E-state index in [0.29, 0.717) is 17.7 Å². The van der Waals surface area contributed by atoms with Crippen LogP contribution in [-0.4, -0.2) is 37.1 Å². The molecule has 1 aliphatic carbocycles. The molecule has 126 valence electrons. The van der Waals surface area contributed by atoms with E-state index in [1.54, 1.807) is 0 Å². The molecular weight excluding hydrogens is 298 g/mol. The molecule has 3 nitrogen and oxygen atoms in total. The summed E-state index contributed by atoms with van der Waals surface area (Å²) < 4.78 is 5.45. The predicted molar refractivity (Wildman–Crippen MR) is 96.0 cm³/mol. The summed E-state index contributed by atoms with van der Waals surface area (Å²) in [5.41, 5.74) is 1.31. The van der Waals surface area contributed by atoms with Crippen LogP contribution in [0.25, 0.3) is 10.8 Å². The minimum absolute atomic E-state index is 0.174. The Hall–Kier alpha value is -1.87. The molecule has 1 amide bonds. The standard InChI is InChI=1S/C21H25NO2/c1-2-22(13-15-9-10-24-14-15)21(23)20-12-19(20)18-8-7-16-5-3-4-6-17(16)11-18/h3-8,11,15,19-20H,2,9-10,12-14H2,1H3/t15-,19-,20+/m0/s1. The van der Waals surface area contributed by atoms with E-state index in [-0.39, 0.29) is 5.92 Å².